The Morgan fingerprint density at radius 2 is 1.57 bits per heavy atom. The van der Waals surface area contributed by atoms with Crippen molar-refractivity contribution in [1.29, 1.82) is 0 Å². The molecule has 3 N–H and O–H groups in total. The van der Waals surface area contributed by atoms with Gasteiger partial charge in [-0.3, -0.25) is 9.59 Å². The lowest BCUT2D eigenvalue weighted by Crippen LogP contribution is -2.21. The van der Waals surface area contributed by atoms with Crippen molar-refractivity contribution in [2.75, 3.05) is 18.5 Å². The van der Waals surface area contributed by atoms with Gasteiger partial charge in [0.2, 0.25) is 0 Å². The van der Waals surface area contributed by atoms with E-state index in [4.69, 9.17) is 15.2 Å². The van der Waals surface area contributed by atoms with Crippen LogP contribution in [-0.4, -0.2) is 31.0 Å². The summed E-state index contributed by atoms with van der Waals surface area (Å²) in [6, 6.07) is 23.1. The van der Waals surface area contributed by atoms with Crippen LogP contribution in [0.25, 0.3) is 11.1 Å². The van der Waals surface area contributed by atoms with Crippen molar-refractivity contribution < 1.29 is 23.9 Å². The minimum Gasteiger partial charge on any atom is -0.484 e. The number of primary amides is 1. The Balaban J connectivity index is 1.60. The lowest BCUT2D eigenvalue weighted by atomic mass is 10.0. The highest BCUT2D eigenvalue weighted by atomic mass is 16.5. The number of nitrogens with one attached hydrogen (secondary N) is 1. The van der Waals surface area contributed by atoms with Gasteiger partial charge in [-0.05, 0) is 29.8 Å². The van der Waals surface area contributed by atoms with Gasteiger partial charge in [0.25, 0.3) is 11.8 Å². The number of anilines is 1. The third-order valence-electron chi connectivity index (χ3n) is 4.07. The van der Waals surface area contributed by atoms with Gasteiger partial charge in [-0.25, -0.2) is 4.79 Å². The summed E-state index contributed by atoms with van der Waals surface area (Å²) >= 11 is 0. The van der Waals surface area contributed by atoms with E-state index in [9.17, 15) is 14.4 Å². The Hall–Kier alpha value is -4.13. The Morgan fingerprint density at radius 3 is 2.33 bits per heavy atom. The van der Waals surface area contributed by atoms with Gasteiger partial charge >= 0.3 is 5.97 Å². The third-order valence-corrected chi connectivity index (χ3v) is 4.07. The van der Waals surface area contributed by atoms with Crippen LogP contribution in [0.3, 0.4) is 0 Å². The maximum Gasteiger partial charge on any atom is 0.338 e. The maximum atomic E-state index is 12.3. The fourth-order valence-electron chi connectivity index (χ4n) is 2.73. The molecule has 0 spiro atoms. The van der Waals surface area contributed by atoms with E-state index in [2.05, 4.69) is 5.32 Å². The number of hydrogen-bond donors (Lipinski definition) is 2. The summed E-state index contributed by atoms with van der Waals surface area (Å²) in [6.45, 7) is -0.754. The molecule has 0 unspecified atom stereocenters. The number of ether oxygens (including phenoxy) is 2. The van der Waals surface area contributed by atoms with E-state index in [0.29, 0.717) is 11.4 Å². The van der Waals surface area contributed by atoms with E-state index in [-0.39, 0.29) is 12.2 Å². The molecule has 0 saturated carbocycles. The van der Waals surface area contributed by atoms with Gasteiger partial charge in [-0.2, -0.15) is 0 Å². The monoisotopic (exact) mass is 404 g/mol. The molecule has 0 aliphatic carbocycles. The lowest BCUT2D eigenvalue weighted by Gasteiger charge is -2.12. The second kappa shape index (κ2) is 9.88. The first-order valence-corrected chi connectivity index (χ1v) is 9.15. The Kier molecular flexibility index (Phi) is 6.78. The van der Waals surface area contributed by atoms with Crippen LogP contribution < -0.4 is 15.8 Å². The van der Waals surface area contributed by atoms with Crippen molar-refractivity contribution in [3.63, 3.8) is 0 Å². The fourth-order valence-corrected chi connectivity index (χ4v) is 2.73. The molecule has 0 radical (unpaired) electrons. The Bertz CT molecular complexity index is 1050. The standard InChI is InChI=1S/C23H20N2O5/c24-21(26)14-29-18-10-6-9-17(13-18)23(28)30-15-22(27)25-20-12-5-4-11-19(20)16-7-2-1-3-8-16/h1-13H,14-15H2,(H2,24,26)(H,25,27). The molecule has 7 nitrogen and oxygen atoms in total. The molecule has 0 bridgehead atoms. The van der Waals surface area contributed by atoms with Crippen LogP contribution in [-0.2, 0) is 14.3 Å². The Morgan fingerprint density at radius 1 is 0.833 bits per heavy atom. The molecule has 0 heterocycles. The highest BCUT2D eigenvalue weighted by Gasteiger charge is 2.13. The minimum atomic E-state index is -0.689. The van der Waals surface area contributed by atoms with Gasteiger partial charge in [0, 0.05) is 11.3 Å². The van der Waals surface area contributed by atoms with E-state index in [1.165, 1.54) is 12.1 Å². The molecule has 0 atom stereocenters. The van der Waals surface area contributed by atoms with Crippen LogP contribution in [0, 0.1) is 0 Å². The predicted molar refractivity (Wildman–Crippen MR) is 112 cm³/mol. The van der Waals surface area contributed by atoms with Gasteiger partial charge < -0.3 is 20.5 Å². The van der Waals surface area contributed by atoms with Gasteiger partial charge in [-0.1, -0.05) is 54.6 Å². The molecule has 3 aromatic carbocycles. The molecule has 30 heavy (non-hydrogen) atoms. The van der Waals surface area contributed by atoms with Crippen molar-refractivity contribution in [2.45, 2.75) is 0 Å². The van der Waals surface area contributed by atoms with Gasteiger partial charge in [0.1, 0.15) is 5.75 Å². The summed E-state index contributed by atoms with van der Waals surface area (Å²) in [7, 11) is 0. The van der Waals surface area contributed by atoms with Crippen LogP contribution in [0.4, 0.5) is 5.69 Å². The summed E-state index contributed by atoms with van der Waals surface area (Å²) in [5.41, 5.74) is 7.65. The van der Waals surface area contributed by atoms with E-state index in [0.717, 1.165) is 11.1 Å². The van der Waals surface area contributed by atoms with Crippen molar-refractivity contribution in [3.8, 4) is 16.9 Å². The summed E-state index contributed by atoms with van der Waals surface area (Å²) < 4.78 is 10.2. The number of rotatable bonds is 8. The average Bonchev–Trinajstić information content (AvgIpc) is 2.77. The molecular weight excluding hydrogens is 384 g/mol. The highest BCUT2D eigenvalue weighted by molar-refractivity contribution is 5.98. The largest absolute Gasteiger partial charge is 0.484 e. The van der Waals surface area contributed by atoms with Crippen molar-refractivity contribution in [1.82, 2.24) is 0 Å². The number of carbonyl (C=O) groups is 3. The topological polar surface area (TPSA) is 108 Å². The minimum absolute atomic E-state index is 0.189. The highest BCUT2D eigenvalue weighted by Crippen LogP contribution is 2.27. The van der Waals surface area contributed by atoms with Crippen LogP contribution in [0.2, 0.25) is 0 Å². The van der Waals surface area contributed by atoms with E-state index in [1.807, 2.05) is 48.5 Å². The first-order valence-electron chi connectivity index (χ1n) is 9.15. The number of carbonyl (C=O) groups excluding carboxylic acids is 3. The molecule has 0 fully saturated rings. The summed E-state index contributed by atoms with van der Waals surface area (Å²) in [5.74, 6) is -1.49. The van der Waals surface area contributed by atoms with Crippen molar-refractivity contribution >= 4 is 23.5 Å². The number of esters is 1. The number of benzene rings is 3. The zero-order valence-electron chi connectivity index (χ0n) is 16.0. The molecule has 3 rings (SSSR count). The molecular formula is C23H20N2O5. The molecule has 0 aliphatic rings. The average molecular weight is 404 g/mol. The number of amides is 2. The fraction of sp³-hybridized carbons (Fsp3) is 0.0870. The lowest BCUT2D eigenvalue weighted by molar-refractivity contribution is -0.120. The first-order chi connectivity index (χ1) is 14.5. The van der Waals surface area contributed by atoms with Crippen LogP contribution in [0.1, 0.15) is 10.4 Å². The van der Waals surface area contributed by atoms with E-state index < -0.39 is 24.4 Å². The normalized spacial score (nSPS) is 10.1. The molecule has 0 aliphatic heterocycles. The molecule has 7 heteroatoms. The van der Waals surface area contributed by atoms with Crippen molar-refractivity contribution in [2.24, 2.45) is 5.73 Å². The second-order valence-corrected chi connectivity index (χ2v) is 6.32. The summed E-state index contributed by atoms with van der Waals surface area (Å²) in [5, 5.41) is 2.77. The van der Waals surface area contributed by atoms with Crippen LogP contribution in [0.5, 0.6) is 5.75 Å². The molecule has 2 amide bonds. The molecule has 0 aromatic heterocycles. The SMILES string of the molecule is NC(=O)COc1cccc(C(=O)OCC(=O)Nc2ccccc2-c2ccccc2)c1. The van der Waals surface area contributed by atoms with Crippen molar-refractivity contribution in [3.05, 3.63) is 84.4 Å². The zero-order chi connectivity index (χ0) is 21.3. The number of nitrogens with two attached hydrogens (primary N) is 1. The molecule has 0 saturated heterocycles. The van der Waals surface area contributed by atoms with E-state index in [1.54, 1.807) is 18.2 Å². The van der Waals surface area contributed by atoms with Crippen LogP contribution >= 0.6 is 0 Å². The summed E-state index contributed by atoms with van der Waals surface area (Å²) in [4.78, 5) is 35.3. The van der Waals surface area contributed by atoms with Gasteiger partial charge in [-0.15, -0.1) is 0 Å². The number of para-hydroxylation sites is 1. The third kappa shape index (κ3) is 5.68. The predicted octanol–water partition coefficient (Wildman–Crippen LogP) is 3.01. The number of hydrogen-bond acceptors (Lipinski definition) is 5. The molecule has 3 aromatic rings. The van der Waals surface area contributed by atoms with Gasteiger partial charge in [0.15, 0.2) is 13.2 Å². The summed E-state index contributed by atoms with van der Waals surface area (Å²) in [6.07, 6.45) is 0. The second-order valence-electron chi connectivity index (χ2n) is 6.32. The van der Waals surface area contributed by atoms with E-state index >= 15 is 0 Å². The van der Waals surface area contributed by atoms with Gasteiger partial charge in [0.05, 0.1) is 5.56 Å². The zero-order valence-corrected chi connectivity index (χ0v) is 16.0. The smallest absolute Gasteiger partial charge is 0.338 e. The quantitative estimate of drug-likeness (QED) is 0.561. The molecule has 152 valence electrons. The maximum absolute atomic E-state index is 12.3. The Labute approximate surface area is 173 Å². The first kappa shape index (κ1) is 20.6. The van der Waals surface area contributed by atoms with Crippen LogP contribution in [0.15, 0.2) is 78.9 Å².